The lowest BCUT2D eigenvalue weighted by Gasteiger charge is -2.12. The Kier molecular flexibility index (Phi) is 2.96. The Hall–Kier alpha value is -2.09. The van der Waals surface area contributed by atoms with Gasteiger partial charge >= 0.3 is 0 Å². The Morgan fingerprint density at radius 1 is 1.06 bits per heavy atom. The van der Waals surface area contributed by atoms with Crippen LogP contribution in [0.15, 0.2) is 36.4 Å². The summed E-state index contributed by atoms with van der Waals surface area (Å²) < 4.78 is 0. The Morgan fingerprint density at radius 3 is 2.47 bits per heavy atom. The maximum absolute atomic E-state index is 11.1. The molecule has 2 rings (SSSR count). The summed E-state index contributed by atoms with van der Waals surface area (Å²) >= 11 is 0. The lowest BCUT2D eigenvalue weighted by molar-refractivity contribution is 0.112. The molecule has 0 aliphatic carbocycles. The van der Waals surface area contributed by atoms with Gasteiger partial charge in [0.2, 0.25) is 0 Å². The van der Waals surface area contributed by atoms with Crippen molar-refractivity contribution in [1.29, 1.82) is 0 Å². The molecule has 0 saturated heterocycles. The molecule has 0 heterocycles. The van der Waals surface area contributed by atoms with Crippen LogP contribution in [0.1, 0.15) is 21.5 Å². The van der Waals surface area contributed by atoms with E-state index in [1.54, 1.807) is 0 Å². The van der Waals surface area contributed by atoms with Crippen LogP contribution in [0, 0.1) is 13.8 Å². The van der Waals surface area contributed by atoms with E-state index < -0.39 is 0 Å². The van der Waals surface area contributed by atoms with Gasteiger partial charge in [-0.05, 0) is 42.2 Å². The molecule has 0 radical (unpaired) electrons. The van der Waals surface area contributed by atoms with Gasteiger partial charge in [0.05, 0.1) is 0 Å². The van der Waals surface area contributed by atoms with Crippen molar-refractivity contribution in [2.45, 2.75) is 13.8 Å². The van der Waals surface area contributed by atoms with Gasteiger partial charge in [0.1, 0.15) is 0 Å². The summed E-state index contributed by atoms with van der Waals surface area (Å²) in [6, 6.07) is 11.6. The highest BCUT2D eigenvalue weighted by Gasteiger charge is 2.09. The molecule has 2 aromatic rings. The Bertz CT molecular complexity index is 573. The number of nitrogen functional groups attached to an aromatic ring is 1. The molecule has 0 atom stereocenters. The summed E-state index contributed by atoms with van der Waals surface area (Å²) in [5, 5.41) is 0. The average Bonchev–Trinajstić information content (AvgIpc) is 2.33. The molecule has 17 heavy (non-hydrogen) atoms. The van der Waals surface area contributed by atoms with Crippen molar-refractivity contribution in [3.05, 3.63) is 53.1 Å². The van der Waals surface area contributed by atoms with Gasteiger partial charge in [0.25, 0.3) is 0 Å². The van der Waals surface area contributed by atoms with Gasteiger partial charge in [-0.1, -0.05) is 30.3 Å². The summed E-state index contributed by atoms with van der Waals surface area (Å²) in [6.45, 7) is 3.98. The van der Waals surface area contributed by atoms with E-state index in [2.05, 4.69) is 6.07 Å². The van der Waals surface area contributed by atoms with Gasteiger partial charge in [-0.15, -0.1) is 0 Å². The quantitative estimate of drug-likeness (QED) is 0.629. The molecule has 86 valence electrons. The normalized spacial score (nSPS) is 10.2. The standard InChI is InChI=1S/C15H15NO/c1-10-7-14(11(2)15(16)8-10)13-6-4-3-5-12(13)9-17/h3-9H,16H2,1-2H3. The molecule has 2 nitrogen and oxygen atoms in total. The van der Waals surface area contributed by atoms with Crippen LogP contribution in [0.25, 0.3) is 11.1 Å². The average molecular weight is 225 g/mol. The van der Waals surface area contributed by atoms with Crippen LogP contribution in [0.3, 0.4) is 0 Å². The van der Waals surface area contributed by atoms with E-state index in [1.165, 1.54) is 0 Å². The summed E-state index contributed by atoms with van der Waals surface area (Å²) in [4.78, 5) is 11.1. The molecule has 2 N–H and O–H groups in total. The SMILES string of the molecule is Cc1cc(N)c(C)c(-c2ccccc2C=O)c1. The van der Waals surface area contributed by atoms with Crippen LogP contribution in [-0.4, -0.2) is 6.29 Å². The molecule has 0 fully saturated rings. The minimum atomic E-state index is 0.695. The molecule has 0 aliphatic rings. The van der Waals surface area contributed by atoms with Crippen LogP contribution >= 0.6 is 0 Å². The number of hydrogen-bond donors (Lipinski definition) is 1. The first-order chi connectivity index (χ1) is 8.13. The van der Waals surface area contributed by atoms with E-state index in [9.17, 15) is 4.79 Å². The third-order valence-electron chi connectivity index (χ3n) is 2.97. The number of carbonyl (C=O) groups excluding carboxylic acids is 1. The molecule has 0 unspecified atom stereocenters. The highest BCUT2D eigenvalue weighted by molar-refractivity contribution is 5.89. The maximum atomic E-state index is 11.1. The zero-order valence-electron chi connectivity index (χ0n) is 10.0. The Labute approximate surface area is 101 Å². The fourth-order valence-corrected chi connectivity index (χ4v) is 2.01. The smallest absolute Gasteiger partial charge is 0.150 e. The van der Waals surface area contributed by atoms with Crippen LogP contribution in [0.5, 0.6) is 0 Å². The van der Waals surface area contributed by atoms with Crippen molar-refractivity contribution in [3.63, 3.8) is 0 Å². The largest absolute Gasteiger partial charge is 0.398 e. The highest BCUT2D eigenvalue weighted by atomic mass is 16.1. The molecule has 2 aromatic carbocycles. The molecule has 0 aromatic heterocycles. The second kappa shape index (κ2) is 4.42. The molecule has 0 spiro atoms. The first-order valence-electron chi connectivity index (χ1n) is 5.55. The van der Waals surface area contributed by atoms with Crippen molar-refractivity contribution in [3.8, 4) is 11.1 Å². The third-order valence-corrected chi connectivity index (χ3v) is 2.97. The minimum absolute atomic E-state index is 0.695. The number of nitrogens with two attached hydrogens (primary N) is 1. The fourth-order valence-electron chi connectivity index (χ4n) is 2.01. The van der Waals surface area contributed by atoms with Crippen LogP contribution in [0.2, 0.25) is 0 Å². The number of hydrogen-bond acceptors (Lipinski definition) is 2. The monoisotopic (exact) mass is 225 g/mol. The first-order valence-corrected chi connectivity index (χ1v) is 5.55. The van der Waals surface area contributed by atoms with E-state index in [0.717, 1.165) is 34.2 Å². The second-order valence-electron chi connectivity index (χ2n) is 4.23. The van der Waals surface area contributed by atoms with Crippen LogP contribution < -0.4 is 5.73 Å². The van der Waals surface area contributed by atoms with E-state index in [4.69, 9.17) is 5.73 Å². The number of benzene rings is 2. The molecule has 0 amide bonds. The topological polar surface area (TPSA) is 43.1 Å². The van der Waals surface area contributed by atoms with Crippen LogP contribution in [0.4, 0.5) is 5.69 Å². The predicted octanol–water partition coefficient (Wildman–Crippen LogP) is 3.37. The summed E-state index contributed by atoms with van der Waals surface area (Å²) in [7, 11) is 0. The van der Waals surface area contributed by atoms with E-state index in [-0.39, 0.29) is 0 Å². The minimum Gasteiger partial charge on any atom is -0.398 e. The summed E-state index contributed by atoms with van der Waals surface area (Å²) in [5.74, 6) is 0. The summed E-state index contributed by atoms with van der Waals surface area (Å²) in [6.07, 6.45) is 0.882. The number of anilines is 1. The van der Waals surface area contributed by atoms with Crippen molar-refractivity contribution in [2.24, 2.45) is 0 Å². The van der Waals surface area contributed by atoms with Gasteiger partial charge in [-0.25, -0.2) is 0 Å². The Morgan fingerprint density at radius 2 is 1.76 bits per heavy atom. The number of aryl methyl sites for hydroxylation is 1. The summed E-state index contributed by atoms with van der Waals surface area (Å²) in [5.41, 5.74) is 11.5. The maximum Gasteiger partial charge on any atom is 0.150 e. The van der Waals surface area contributed by atoms with Crippen molar-refractivity contribution in [2.75, 3.05) is 5.73 Å². The number of aldehydes is 1. The molecule has 0 saturated carbocycles. The first kappa shape index (κ1) is 11.4. The lowest BCUT2D eigenvalue weighted by Crippen LogP contribution is -1.96. The predicted molar refractivity (Wildman–Crippen MR) is 71.2 cm³/mol. The zero-order chi connectivity index (χ0) is 12.4. The van der Waals surface area contributed by atoms with Crippen molar-refractivity contribution in [1.82, 2.24) is 0 Å². The van der Waals surface area contributed by atoms with E-state index in [0.29, 0.717) is 5.56 Å². The van der Waals surface area contributed by atoms with Gasteiger partial charge < -0.3 is 5.73 Å². The van der Waals surface area contributed by atoms with Gasteiger partial charge in [-0.3, -0.25) is 4.79 Å². The van der Waals surface area contributed by atoms with Gasteiger partial charge in [-0.2, -0.15) is 0 Å². The van der Waals surface area contributed by atoms with Gasteiger partial charge in [0.15, 0.2) is 6.29 Å². The van der Waals surface area contributed by atoms with Crippen molar-refractivity contribution < 1.29 is 4.79 Å². The van der Waals surface area contributed by atoms with Crippen molar-refractivity contribution >= 4 is 12.0 Å². The molecule has 0 aliphatic heterocycles. The Balaban J connectivity index is 2.72. The van der Waals surface area contributed by atoms with E-state index >= 15 is 0 Å². The molecule has 2 heteroatoms. The zero-order valence-corrected chi connectivity index (χ0v) is 10.0. The molecular formula is C15H15NO. The number of carbonyl (C=O) groups is 1. The fraction of sp³-hybridized carbons (Fsp3) is 0.133. The third kappa shape index (κ3) is 2.07. The number of rotatable bonds is 2. The van der Waals surface area contributed by atoms with Gasteiger partial charge in [0, 0.05) is 11.3 Å². The second-order valence-corrected chi connectivity index (χ2v) is 4.23. The molecule has 0 bridgehead atoms. The van der Waals surface area contributed by atoms with E-state index in [1.807, 2.05) is 44.2 Å². The molecular weight excluding hydrogens is 210 g/mol. The highest BCUT2D eigenvalue weighted by Crippen LogP contribution is 2.30. The lowest BCUT2D eigenvalue weighted by atomic mass is 9.94. The van der Waals surface area contributed by atoms with Crippen LogP contribution in [-0.2, 0) is 0 Å².